The van der Waals surface area contributed by atoms with Crippen molar-refractivity contribution in [2.24, 2.45) is 0 Å². The predicted octanol–water partition coefficient (Wildman–Crippen LogP) is 1.42. The maximum Gasteiger partial charge on any atom is 0.251 e. The minimum absolute atomic E-state index is 0.139. The third-order valence-corrected chi connectivity index (χ3v) is 2.27. The van der Waals surface area contributed by atoms with Gasteiger partial charge in [-0.1, -0.05) is 11.6 Å². The molecule has 0 fully saturated rings. The average molecular weight is 243 g/mol. The van der Waals surface area contributed by atoms with Crippen molar-refractivity contribution < 1.29 is 9.90 Å². The molecule has 0 heterocycles. The van der Waals surface area contributed by atoms with Crippen LogP contribution in [0.1, 0.15) is 23.2 Å². The van der Waals surface area contributed by atoms with Gasteiger partial charge in [0.05, 0.1) is 0 Å². The third kappa shape index (κ3) is 4.08. The molecule has 0 bridgehead atoms. The number of hydrogen-bond donors (Lipinski definition) is 3. The number of nitrogens with two attached hydrogens (primary N) is 1. The molecule has 0 aliphatic heterocycles. The van der Waals surface area contributed by atoms with Crippen LogP contribution in [0.25, 0.3) is 0 Å². The number of rotatable bonds is 5. The molecule has 1 aromatic carbocycles. The normalized spacial score (nSPS) is 10.1. The lowest BCUT2D eigenvalue weighted by atomic mass is 10.2. The van der Waals surface area contributed by atoms with Crippen LogP contribution in [-0.4, -0.2) is 24.2 Å². The fraction of sp³-hybridized carbons (Fsp3) is 0.364. The number of anilines is 1. The second-order valence-corrected chi connectivity index (χ2v) is 3.90. The minimum Gasteiger partial charge on any atom is -0.399 e. The Morgan fingerprint density at radius 1 is 1.38 bits per heavy atom. The van der Waals surface area contributed by atoms with Crippen molar-refractivity contribution in [1.29, 1.82) is 0 Å². The van der Waals surface area contributed by atoms with Gasteiger partial charge in [0.25, 0.3) is 5.91 Å². The molecule has 1 amide bonds. The van der Waals surface area contributed by atoms with Crippen molar-refractivity contribution in [2.45, 2.75) is 12.8 Å². The fourth-order valence-corrected chi connectivity index (χ4v) is 1.53. The van der Waals surface area contributed by atoms with Crippen LogP contribution >= 0.6 is 11.6 Å². The summed E-state index contributed by atoms with van der Waals surface area (Å²) in [5.41, 5.74) is 6.49. The van der Waals surface area contributed by atoms with Crippen LogP contribution in [0, 0.1) is 0 Å². The topological polar surface area (TPSA) is 75.4 Å². The molecule has 0 saturated heterocycles. The van der Waals surface area contributed by atoms with E-state index in [2.05, 4.69) is 5.32 Å². The van der Waals surface area contributed by atoms with Crippen LogP contribution in [0.15, 0.2) is 18.2 Å². The first kappa shape index (κ1) is 12.8. The number of amides is 1. The number of benzene rings is 1. The molecule has 0 aliphatic rings. The lowest BCUT2D eigenvalue weighted by molar-refractivity contribution is 0.0952. The second-order valence-electron chi connectivity index (χ2n) is 3.46. The van der Waals surface area contributed by atoms with Crippen molar-refractivity contribution in [1.82, 2.24) is 5.32 Å². The summed E-state index contributed by atoms with van der Waals surface area (Å²) in [5, 5.41) is 11.7. The van der Waals surface area contributed by atoms with Crippen LogP contribution in [0.4, 0.5) is 5.69 Å². The molecule has 0 radical (unpaired) electrons. The van der Waals surface area contributed by atoms with Gasteiger partial charge in [0.1, 0.15) is 0 Å². The summed E-state index contributed by atoms with van der Waals surface area (Å²) in [7, 11) is 0. The molecule has 88 valence electrons. The van der Waals surface area contributed by atoms with Crippen molar-refractivity contribution >= 4 is 23.2 Å². The van der Waals surface area contributed by atoms with Gasteiger partial charge in [0.15, 0.2) is 0 Å². The van der Waals surface area contributed by atoms with E-state index in [4.69, 9.17) is 22.4 Å². The molecule has 5 heteroatoms. The number of halogens is 1. The summed E-state index contributed by atoms with van der Waals surface area (Å²) in [4.78, 5) is 11.6. The fourth-order valence-electron chi connectivity index (χ4n) is 1.28. The van der Waals surface area contributed by atoms with Crippen LogP contribution in [0.5, 0.6) is 0 Å². The van der Waals surface area contributed by atoms with E-state index in [1.54, 1.807) is 18.2 Å². The van der Waals surface area contributed by atoms with Gasteiger partial charge in [-0.15, -0.1) is 0 Å². The summed E-state index contributed by atoms with van der Waals surface area (Å²) in [6.45, 7) is 0.672. The van der Waals surface area contributed by atoms with Crippen molar-refractivity contribution in [2.75, 3.05) is 18.9 Å². The van der Waals surface area contributed by atoms with Gasteiger partial charge in [-0.3, -0.25) is 4.79 Å². The van der Waals surface area contributed by atoms with Gasteiger partial charge in [0, 0.05) is 29.4 Å². The monoisotopic (exact) mass is 242 g/mol. The van der Waals surface area contributed by atoms with E-state index in [9.17, 15) is 4.79 Å². The Kier molecular flexibility index (Phi) is 5.08. The van der Waals surface area contributed by atoms with Crippen molar-refractivity contribution in [3.8, 4) is 0 Å². The van der Waals surface area contributed by atoms with E-state index in [0.29, 0.717) is 29.2 Å². The quantitative estimate of drug-likeness (QED) is 0.540. The molecule has 0 aliphatic carbocycles. The molecule has 4 nitrogen and oxygen atoms in total. The summed E-state index contributed by atoms with van der Waals surface area (Å²) in [6.07, 6.45) is 1.43. The van der Waals surface area contributed by atoms with Gasteiger partial charge >= 0.3 is 0 Å². The number of nitrogens with one attached hydrogen (secondary N) is 1. The van der Waals surface area contributed by atoms with Gasteiger partial charge in [0.2, 0.25) is 0 Å². The van der Waals surface area contributed by atoms with Gasteiger partial charge in [-0.2, -0.15) is 0 Å². The molecule has 1 aromatic rings. The first-order valence-electron chi connectivity index (χ1n) is 5.08. The smallest absolute Gasteiger partial charge is 0.251 e. The molecular formula is C11H15ClN2O2. The number of carbonyl (C=O) groups is 1. The molecule has 16 heavy (non-hydrogen) atoms. The first-order valence-corrected chi connectivity index (χ1v) is 5.46. The number of aliphatic hydroxyl groups is 1. The summed E-state index contributed by atoms with van der Waals surface area (Å²) >= 11 is 5.78. The highest BCUT2D eigenvalue weighted by Gasteiger charge is 2.06. The molecule has 0 unspecified atom stereocenters. The Hall–Kier alpha value is -1.26. The van der Waals surface area contributed by atoms with Crippen molar-refractivity contribution in [3.05, 3.63) is 28.8 Å². The number of carbonyl (C=O) groups excluding carboxylic acids is 1. The van der Waals surface area contributed by atoms with Gasteiger partial charge < -0.3 is 16.2 Å². The highest BCUT2D eigenvalue weighted by atomic mass is 35.5. The van der Waals surface area contributed by atoms with E-state index >= 15 is 0 Å². The zero-order chi connectivity index (χ0) is 12.0. The average Bonchev–Trinajstić information content (AvgIpc) is 2.22. The SMILES string of the molecule is Nc1cc(Cl)cc(C(=O)NCCCCO)c1. The molecule has 0 atom stereocenters. The second kappa shape index (κ2) is 6.35. The van der Waals surface area contributed by atoms with Crippen LogP contribution in [-0.2, 0) is 0 Å². The van der Waals surface area contributed by atoms with Gasteiger partial charge in [-0.05, 0) is 31.0 Å². The number of unbranched alkanes of at least 4 members (excludes halogenated alkanes) is 1. The Bertz CT molecular complexity index is 349. The van der Waals surface area contributed by atoms with Crippen LogP contribution < -0.4 is 11.1 Å². The number of hydrogen-bond acceptors (Lipinski definition) is 3. The standard InChI is InChI=1S/C11H15ClN2O2/c12-9-5-8(6-10(13)7-9)11(16)14-3-1-2-4-15/h5-7,15H,1-4,13H2,(H,14,16). The molecule has 0 saturated carbocycles. The van der Waals surface area contributed by atoms with Crippen LogP contribution in [0.2, 0.25) is 5.02 Å². The Labute approximate surface area is 99.4 Å². The van der Waals surface area contributed by atoms with E-state index < -0.39 is 0 Å². The van der Waals surface area contributed by atoms with Gasteiger partial charge in [-0.25, -0.2) is 0 Å². The highest BCUT2D eigenvalue weighted by Crippen LogP contribution is 2.16. The lowest BCUT2D eigenvalue weighted by Gasteiger charge is -2.05. The molecule has 0 aromatic heterocycles. The van der Waals surface area contributed by atoms with E-state index in [-0.39, 0.29) is 12.5 Å². The lowest BCUT2D eigenvalue weighted by Crippen LogP contribution is -2.24. The first-order chi connectivity index (χ1) is 7.63. The Morgan fingerprint density at radius 2 is 2.12 bits per heavy atom. The maximum atomic E-state index is 11.6. The summed E-state index contributed by atoms with van der Waals surface area (Å²) < 4.78 is 0. The van der Waals surface area contributed by atoms with E-state index in [1.807, 2.05) is 0 Å². The number of nitrogen functional groups attached to an aromatic ring is 1. The largest absolute Gasteiger partial charge is 0.399 e. The third-order valence-electron chi connectivity index (χ3n) is 2.05. The minimum atomic E-state index is -0.202. The molecule has 4 N–H and O–H groups in total. The Morgan fingerprint density at radius 3 is 2.75 bits per heavy atom. The van der Waals surface area contributed by atoms with Crippen LogP contribution in [0.3, 0.4) is 0 Å². The van der Waals surface area contributed by atoms with E-state index in [1.165, 1.54) is 0 Å². The predicted molar refractivity (Wildman–Crippen MR) is 64.5 cm³/mol. The molecule has 1 rings (SSSR count). The maximum absolute atomic E-state index is 11.6. The zero-order valence-corrected chi connectivity index (χ0v) is 9.63. The zero-order valence-electron chi connectivity index (χ0n) is 8.87. The van der Waals surface area contributed by atoms with E-state index in [0.717, 1.165) is 6.42 Å². The Balaban J connectivity index is 2.52. The summed E-state index contributed by atoms with van der Waals surface area (Å²) in [6, 6.07) is 4.73. The number of aliphatic hydroxyl groups excluding tert-OH is 1. The molecule has 0 spiro atoms. The van der Waals surface area contributed by atoms with Crippen molar-refractivity contribution in [3.63, 3.8) is 0 Å². The summed E-state index contributed by atoms with van der Waals surface area (Å²) in [5.74, 6) is -0.202. The highest BCUT2D eigenvalue weighted by molar-refractivity contribution is 6.31. The molecular weight excluding hydrogens is 228 g/mol.